The summed E-state index contributed by atoms with van der Waals surface area (Å²) >= 11 is 1.46. The summed E-state index contributed by atoms with van der Waals surface area (Å²) in [6, 6.07) is 9.93. The van der Waals surface area contributed by atoms with Gasteiger partial charge in [0.05, 0.1) is 16.1 Å². The Morgan fingerprint density at radius 1 is 1.18 bits per heavy atom. The van der Waals surface area contributed by atoms with E-state index >= 15 is 0 Å². The number of rotatable bonds is 5. The molecular weight excluding hydrogens is 439 g/mol. The van der Waals surface area contributed by atoms with Gasteiger partial charge in [0.2, 0.25) is 0 Å². The van der Waals surface area contributed by atoms with Crippen molar-refractivity contribution >= 4 is 34.2 Å². The van der Waals surface area contributed by atoms with E-state index in [1.165, 1.54) is 23.5 Å². The number of carbonyl (C=O) groups is 1. The van der Waals surface area contributed by atoms with Crippen LogP contribution in [-0.2, 0) is 0 Å². The first-order valence-electron chi connectivity index (χ1n) is 10.9. The average molecular weight is 463 g/mol. The Morgan fingerprint density at radius 3 is 2.88 bits per heavy atom. The van der Waals surface area contributed by atoms with Gasteiger partial charge in [0.25, 0.3) is 5.91 Å². The standard InChI is InChI=1S/C24H23FN6OS/c1-15-29-21(22(33-15)16-7-9-17(25)10-8-16)24(32)31-12-3-2-5-18(31)13-27-20-14-28-23-19(30-20)6-4-11-26-23/h4,6-11,14,18H,2-3,5,12-13H2,1H3,(H,27,30)/t18-/m0/s1. The van der Waals surface area contributed by atoms with E-state index in [2.05, 4.69) is 25.3 Å². The van der Waals surface area contributed by atoms with Crippen molar-refractivity contribution in [2.24, 2.45) is 0 Å². The molecule has 1 fully saturated rings. The summed E-state index contributed by atoms with van der Waals surface area (Å²) < 4.78 is 13.4. The number of amides is 1. The molecule has 1 N–H and O–H groups in total. The number of hydrogen-bond acceptors (Lipinski definition) is 7. The second kappa shape index (κ2) is 9.19. The second-order valence-corrected chi connectivity index (χ2v) is 9.25. The van der Waals surface area contributed by atoms with Gasteiger partial charge in [-0.15, -0.1) is 11.3 Å². The lowest BCUT2D eigenvalue weighted by Crippen LogP contribution is -2.47. The van der Waals surface area contributed by atoms with Crippen LogP contribution in [0.1, 0.15) is 34.8 Å². The van der Waals surface area contributed by atoms with E-state index in [1.54, 1.807) is 24.5 Å². The van der Waals surface area contributed by atoms with Gasteiger partial charge in [0, 0.05) is 25.3 Å². The van der Waals surface area contributed by atoms with Crippen LogP contribution in [-0.4, -0.2) is 49.9 Å². The smallest absolute Gasteiger partial charge is 0.274 e. The fraction of sp³-hybridized carbons (Fsp3) is 0.292. The van der Waals surface area contributed by atoms with Crippen molar-refractivity contribution in [1.82, 2.24) is 24.8 Å². The van der Waals surface area contributed by atoms with Crippen LogP contribution in [0.2, 0.25) is 0 Å². The third-order valence-corrected chi connectivity index (χ3v) is 6.79. The number of likely N-dealkylation sites (tertiary alicyclic amines) is 1. The number of nitrogens with one attached hydrogen (secondary N) is 1. The fourth-order valence-electron chi connectivity index (χ4n) is 4.15. The number of aryl methyl sites for hydroxylation is 1. The minimum absolute atomic E-state index is 0.0146. The Labute approximate surface area is 194 Å². The van der Waals surface area contributed by atoms with Gasteiger partial charge in [-0.25, -0.2) is 24.3 Å². The molecule has 33 heavy (non-hydrogen) atoms. The zero-order chi connectivity index (χ0) is 22.8. The molecule has 0 unspecified atom stereocenters. The summed E-state index contributed by atoms with van der Waals surface area (Å²) in [5, 5.41) is 4.16. The quantitative estimate of drug-likeness (QED) is 0.463. The van der Waals surface area contributed by atoms with E-state index in [4.69, 9.17) is 0 Å². The number of aromatic nitrogens is 4. The predicted octanol–water partition coefficient (Wildman–Crippen LogP) is 4.70. The molecule has 1 amide bonds. The highest BCUT2D eigenvalue weighted by molar-refractivity contribution is 7.15. The summed E-state index contributed by atoms with van der Waals surface area (Å²) in [7, 11) is 0. The van der Waals surface area contributed by atoms with Gasteiger partial charge in [-0.1, -0.05) is 12.1 Å². The first-order chi connectivity index (χ1) is 16.1. The molecule has 0 spiro atoms. The van der Waals surface area contributed by atoms with E-state index < -0.39 is 0 Å². The van der Waals surface area contributed by atoms with Crippen molar-refractivity contribution in [3.05, 3.63) is 65.3 Å². The van der Waals surface area contributed by atoms with Crippen LogP contribution in [0, 0.1) is 12.7 Å². The molecule has 1 atom stereocenters. The van der Waals surface area contributed by atoms with E-state index in [0.29, 0.717) is 30.2 Å². The first kappa shape index (κ1) is 21.4. The number of thiazole rings is 1. The lowest BCUT2D eigenvalue weighted by atomic mass is 10.0. The zero-order valence-electron chi connectivity index (χ0n) is 18.2. The maximum atomic E-state index is 13.6. The molecule has 1 aliphatic rings. The van der Waals surface area contributed by atoms with Crippen LogP contribution in [0.4, 0.5) is 10.2 Å². The maximum Gasteiger partial charge on any atom is 0.274 e. The number of fused-ring (bicyclic) bond motifs is 1. The van der Waals surface area contributed by atoms with Gasteiger partial charge < -0.3 is 10.2 Å². The molecule has 1 aromatic carbocycles. The van der Waals surface area contributed by atoms with Crippen LogP contribution < -0.4 is 5.32 Å². The van der Waals surface area contributed by atoms with Crippen molar-refractivity contribution in [3.63, 3.8) is 0 Å². The number of carbonyl (C=O) groups excluding carboxylic acids is 1. The van der Waals surface area contributed by atoms with Crippen molar-refractivity contribution < 1.29 is 9.18 Å². The number of nitrogens with zero attached hydrogens (tertiary/aromatic N) is 5. The van der Waals surface area contributed by atoms with Crippen LogP contribution in [0.25, 0.3) is 21.6 Å². The topological polar surface area (TPSA) is 83.9 Å². The van der Waals surface area contributed by atoms with E-state index in [1.807, 2.05) is 24.0 Å². The summed E-state index contributed by atoms with van der Waals surface area (Å²) in [6.07, 6.45) is 6.27. The number of anilines is 1. The summed E-state index contributed by atoms with van der Waals surface area (Å²) in [6.45, 7) is 3.14. The summed E-state index contributed by atoms with van der Waals surface area (Å²) in [4.78, 5) is 34.0. The van der Waals surface area contributed by atoms with Gasteiger partial charge in [-0.05, 0) is 56.0 Å². The molecule has 0 radical (unpaired) electrons. The first-order valence-corrected chi connectivity index (χ1v) is 11.8. The van der Waals surface area contributed by atoms with Crippen LogP contribution in [0.15, 0.2) is 48.8 Å². The van der Waals surface area contributed by atoms with Gasteiger partial charge in [0.15, 0.2) is 5.65 Å². The maximum absolute atomic E-state index is 13.6. The molecule has 5 rings (SSSR count). The highest BCUT2D eigenvalue weighted by Crippen LogP contribution is 2.32. The van der Waals surface area contributed by atoms with Crippen LogP contribution >= 0.6 is 11.3 Å². The minimum Gasteiger partial charge on any atom is -0.367 e. The Morgan fingerprint density at radius 2 is 2.03 bits per heavy atom. The molecule has 0 aliphatic carbocycles. The van der Waals surface area contributed by atoms with Gasteiger partial charge in [-0.2, -0.15) is 0 Å². The molecule has 0 saturated carbocycles. The largest absolute Gasteiger partial charge is 0.367 e. The third kappa shape index (κ3) is 4.54. The third-order valence-electron chi connectivity index (χ3n) is 5.77. The van der Waals surface area contributed by atoms with Crippen molar-refractivity contribution in [1.29, 1.82) is 0 Å². The van der Waals surface area contributed by atoms with Crippen LogP contribution in [0.5, 0.6) is 0 Å². The van der Waals surface area contributed by atoms with Crippen molar-refractivity contribution in [3.8, 4) is 10.4 Å². The molecular formula is C24H23FN6OS. The van der Waals surface area contributed by atoms with E-state index in [-0.39, 0.29) is 17.8 Å². The van der Waals surface area contributed by atoms with E-state index in [0.717, 1.165) is 40.2 Å². The number of hydrogen-bond donors (Lipinski definition) is 1. The molecule has 168 valence electrons. The molecule has 0 bridgehead atoms. The number of piperidine rings is 1. The Bertz CT molecular complexity index is 1290. The monoisotopic (exact) mass is 462 g/mol. The van der Waals surface area contributed by atoms with Gasteiger partial charge in [0.1, 0.15) is 22.8 Å². The predicted molar refractivity (Wildman–Crippen MR) is 127 cm³/mol. The highest BCUT2D eigenvalue weighted by atomic mass is 32.1. The van der Waals surface area contributed by atoms with Crippen molar-refractivity contribution in [2.45, 2.75) is 32.2 Å². The summed E-state index contributed by atoms with van der Waals surface area (Å²) in [5.41, 5.74) is 2.57. The molecule has 4 heterocycles. The molecule has 1 saturated heterocycles. The Balaban J connectivity index is 1.36. The number of halogens is 1. The Hall–Kier alpha value is -3.46. The lowest BCUT2D eigenvalue weighted by molar-refractivity contribution is 0.0623. The van der Waals surface area contributed by atoms with Gasteiger partial charge in [-0.3, -0.25) is 4.79 Å². The zero-order valence-corrected chi connectivity index (χ0v) is 19.0. The van der Waals surface area contributed by atoms with Gasteiger partial charge >= 0.3 is 0 Å². The summed E-state index contributed by atoms with van der Waals surface area (Å²) in [5.74, 6) is 0.270. The average Bonchev–Trinajstić information content (AvgIpc) is 3.24. The molecule has 7 nitrogen and oxygen atoms in total. The molecule has 3 aromatic heterocycles. The highest BCUT2D eigenvalue weighted by Gasteiger charge is 2.31. The number of pyridine rings is 1. The SMILES string of the molecule is Cc1nc(C(=O)N2CCCC[C@H]2CNc2cnc3ncccc3n2)c(-c2ccc(F)cc2)s1. The second-order valence-electron chi connectivity index (χ2n) is 8.05. The molecule has 1 aliphatic heterocycles. The minimum atomic E-state index is -0.303. The van der Waals surface area contributed by atoms with Crippen LogP contribution in [0.3, 0.4) is 0 Å². The fourth-order valence-corrected chi connectivity index (χ4v) is 5.06. The molecule has 4 aromatic rings. The number of benzene rings is 1. The normalized spacial score (nSPS) is 16.2. The van der Waals surface area contributed by atoms with E-state index in [9.17, 15) is 9.18 Å². The lowest BCUT2D eigenvalue weighted by Gasteiger charge is -2.35. The molecule has 9 heteroatoms. The van der Waals surface area contributed by atoms with Crippen molar-refractivity contribution in [2.75, 3.05) is 18.4 Å². The Kier molecular flexibility index (Phi) is 5.95.